The number of rotatable bonds is 4. The van der Waals surface area contributed by atoms with E-state index < -0.39 is 110 Å². The molecule has 2 aromatic rings. The van der Waals surface area contributed by atoms with Crippen molar-refractivity contribution < 1.29 is 56.1 Å². The number of phenols is 1. The van der Waals surface area contributed by atoms with Gasteiger partial charge in [-0.15, -0.1) is 0 Å². The third kappa shape index (κ3) is 4.14. The van der Waals surface area contributed by atoms with Crippen molar-refractivity contribution in [3.63, 3.8) is 0 Å². The van der Waals surface area contributed by atoms with E-state index in [0.29, 0.717) is 6.08 Å². The summed E-state index contributed by atoms with van der Waals surface area (Å²) in [7, 11) is 2.85. The largest absolute Gasteiger partial charge is 0.507 e. The monoisotopic (exact) mass is 606 g/mol. The van der Waals surface area contributed by atoms with Crippen LogP contribution in [0.5, 0.6) is 5.75 Å². The maximum absolute atomic E-state index is 14.3. The Morgan fingerprint density at radius 2 is 1.53 bits per heavy atom. The molecule has 0 aliphatic heterocycles. The standard InChI is InChI=1S/C29H23F5N2O7/c1-36(2)23-13-8-10-7-12-9(3-5-11-18(30)20(32)22(34)21(33)19(11)31)4-6-14(37)16(12)24(38)15(10)26(40)29(13,43)27(41)17(25(23)39)28(35)42/h3-6,10,13,15,17,23,37,43H,7-8H2,1-2H3,(H2,35,42)/b5-3+. The molecule has 2 saturated carbocycles. The molecule has 6 atom stereocenters. The van der Waals surface area contributed by atoms with Crippen LogP contribution in [-0.4, -0.2) is 69.9 Å². The van der Waals surface area contributed by atoms with Crippen LogP contribution < -0.4 is 5.73 Å². The van der Waals surface area contributed by atoms with Crippen LogP contribution in [0.1, 0.15) is 33.5 Å². The number of Topliss-reactive ketones (excluding diaryl/α,β-unsaturated/α-hetero) is 4. The highest BCUT2D eigenvalue weighted by Crippen LogP contribution is 2.51. The van der Waals surface area contributed by atoms with Crippen LogP contribution in [0.15, 0.2) is 12.1 Å². The number of benzene rings is 2. The van der Waals surface area contributed by atoms with Crippen LogP contribution in [0.2, 0.25) is 0 Å². The van der Waals surface area contributed by atoms with Gasteiger partial charge in [0.15, 0.2) is 57.9 Å². The molecule has 226 valence electrons. The third-order valence-corrected chi connectivity index (χ3v) is 8.65. The maximum Gasteiger partial charge on any atom is 0.235 e. The Morgan fingerprint density at radius 1 is 0.953 bits per heavy atom. The summed E-state index contributed by atoms with van der Waals surface area (Å²) in [5.74, 6) is -23.6. The molecule has 0 saturated heterocycles. The topological polar surface area (TPSA) is 155 Å². The minimum Gasteiger partial charge on any atom is -0.507 e. The van der Waals surface area contributed by atoms with Gasteiger partial charge in [-0.25, -0.2) is 22.0 Å². The lowest BCUT2D eigenvalue weighted by Gasteiger charge is -2.52. The number of phenolic OH excluding ortho intramolecular Hbond substituents is 1. The van der Waals surface area contributed by atoms with Crippen LogP contribution >= 0.6 is 0 Å². The van der Waals surface area contributed by atoms with Gasteiger partial charge in [0, 0.05) is 5.92 Å². The van der Waals surface area contributed by atoms with Crippen molar-refractivity contribution in [2.45, 2.75) is 24.5 Å². The van der Waals surface area contributed by atoms with E-state index in [2.05, 4.69) is 0 Å². The van der Waals surface area contributed by atoms with Gasteiger partial charge in [0.25, 0.3) is 0 Å². The Bertz CT molecular complexity index is 1660. The molecule has 0 heterocycles. The number of amides is 1. The number of halogens is 5. The smallest absolute Gasteiger partial charge is 0.235 e. The lowest BCUT2D eigenvalue weighted by molar-refractivity contribution is -0.181. The van der Waals surface area contributed by atoms with Crippen LogP contribution in [-0.2, 0) is 25.6 Å². The molecule has 3 aliphatic carbocycles. The summed E-state index contributed by atoms with van der Waals surface area (Å²) in [6.07, 6.45) is 1.14. The van der Waals surface area contributed by atoms with E-state index in [0.717, 1.165) is 12.1 Å². The fourth-order valence-electron chi connectivity index (χ4n) is 6.73. The molecular formula is C29H23F5N2O7. The molecule has 0 radical (unpaired) electrons. The summed E-state index contributed by atoms with van der Waals surface area (Å²) in [5, 5.41) is 22.1. The molecule has 1 amide bonds. The van der Waals surface area contributed by atoms with Gasteiger partial charge in [-0.3, -0.25) is 28.9 Å². The zero-order chi connectivity index (χ0) is 31.9. The van der Waals surface area contributed by atoms with E-state index >= 15 is 0 Å². The highest BCUT2D eigenvalue weighted by Gasteiger charge is 2.69. The van der Waals surface area contributed by atoms with Gasteiger partial charge in [0.2, 0.25) is 11.7 Å². The van der Waals surface area contributed by atoms with Crippen molar-refractivity contribution in [1.82, 2.24) is 4.90 Å². The molecule has 2 fully saturated rings. The highest BCUT2D eigenvalue weighted by molar-refractivity contribution is 6.32. The predicted molar refractivity (Wildman–Crippen MR) is 137 cm³/mol. The number of carbonyl (C=O) groups excluding carboxylic acids is 5. The summed E-state index contributed by atoms with van der Waals surface area (Å²) < 4.78 is 69.4. The van der Waals surface area contributed by atoms with Gasteiger partial charge >= 0.3 is 0 Å². The predicted octanol–water partition coefficient (Wildman–Crippen LogP) is 1.73. The average Bonchev–Trinajstić information content (AvgIpc) is 2.93. The van der Waals surface area contributed by atoms with E-state index in [9.17, 15) is 56.1 Å². The molecule has 9 nitrogen and oxygen atoms in total. The molecule has 4 N–H and O–H groups in total. The quantitative estimate of drug-likeness (QED) is 0.156. The number of nitrogens with two attached hydrogens (primary N) is 1. The number of ketones is 4. The minimum absolute atomic E-state index is 0.0329. The van der Waals surface area contributed by atoms with Crippen LogP contribution in [0, 0.1) is 52.8 Å². The number of hydrogen-bond acceptors (Lipinski definition) is 8. The first-order valence-electron chi connectivity index (χ1n) is 12.9. The zero-order valence-corrected chi connectivity index (χ0v) is 22.5. The SMILES string of the molecule is CN(C)C1C(=O)C(C(N)=O)C(=O)C2(O)C(=O)C3C(=O)c4c(O)ccc(/C=C/c5c(F)c(F)c(F)c(F)c5F)c4CC3CC12. The second kappa shape index (κ2) is 10.2. The molecule has 6 unspecified atom stereocenters. The highest BCUT2D eigenvalue weighted by atomic mass is 19.2. The molecule has 5 rings (SSSR count). The number of carbonyl (C=O) groups is 5. The Hall–Kier alpha value is -4.30. The maximum atomic E-state index is 14.3. The zero-order valence-electron chi connectivity index (χ0n) is 22.5. The van der Waals surface area contributed by atoms with Gasteiger partial charge in [0.1, 0.15) is 5.75 Å². The Morgan fingerprint density at radius 3 is 2.09 bits per heavy atom. The lowest BCUT2D eigenvalue weighted by atomic mass is 9.52. The normalized spacial score (nSPS) is 28.7. The number of likely N-dealkylation sites (N-methyl/N-ethyl adjacent to an activating group) is 1. The Kier molecular flexibility index (Phi) is 7.13. The number of primary amides is 1. The van der Waals surface area contributed by atoms with Crippen LogP contribution in [0.25, 0.3) is 12.2 Å². The third-order valence-electron chi connectivity index (χ3n) is 8.65. The molecule has 3 aliphatic rings. The van der Waals surface area contributed by atoms with Gasteiger partial charge in [-0.1, -0.05) is 12.1 Å². The molecular weight excluding hydrogens is 583 g/mol. The fourth-order valence-corrected chi connectivity index (χ4v) is 6.73. The summed E-state index contributed by atoms with van der Waals surface area (Å²) in [4.78, 5) is 67.3. The summed E-state index contributed by atoms with van der Waals surface area (Å²) in [6, 6.07) is 0.911. The van der Waals surface area contributed by atoms with E-state index in [-0.39, 0.29) is 24.0 Å². The average molecular weight is 606 g/mol. The van der Waals surface area contributed by atoms with Crippen LogP contribution in [0.4, 0.5) is 22.0 Å². The number of aliphatic hydroxyl groups is 1. The number of fused-ring (bicyclic) bond motifs is 3. The molecule has 43 heavy (non-hydrogen) atoms. The van der Waals surface area contributed by atoms with Crippen molar-refractivity contribution in [3.8, 4) is 5.75 Å². The van der Waals surface area contributed by atoms with Crippen LogP contribution in [0.3, 0.4) is 0 Å². The molecule has 0 bridgehead atoms. The van der Waals surface area contributed by atoms with Gasteiger partial charge in [-0.2, -0.15) is 0 Å². The van der Waals surface area contributed by atoms with E-state index in [4.69, 9.17) is 5.73 Å². The van der Waals surface area contributed by atoms with E-state index in [1.54, 1.807) is 0 Å². The van der Waals surface area contributed by atoms with Crippen molar-refractivity contribution in [1.29, 1.82) is 0 Å². The van der Waals surface area contributed by atoms with Gasteiger partial charge in [-0.05, 0) is 56.1 Å². The minimum atomic E-state index is -2.92. The Balaban J connectivity index is 1.62. The van der Waals surface area contributed by atoms with Crippen molar-refractivity contribution in [2.75, 3.05) is 14.1 Å². The van der Waals surface area contributed by atoms with Crippen molar-refractivity contribution >= 4 is 41.2 Å². The van der Waals surface area contributed by atoms with Crippen molar-refractivity contribution in [3.05, 3.63) is 63.5 Å². The first-order chi connectivity index (χ1) is 20.0. The van der Waals surface area contributed by atoms with Crippen molar-refractivity contribution in [2.24, 2.45) is 29.4 Å². The summed E-state index contributed by atoms with van der Waals surface area (Å²) >= 11 is 0. The molecule has 0 aromatic heterocycles. The fraction of sp³-hybridized carbons (Fsp3) is 0.345. The lowest BCUT2D eigenvalue weighted by Crippen LogP contribution is -2.74. The number of nitrogens with zero attached hydrogens (tertiary/aromatic N) is 1. The molecule has 14 heteroatoms. The van der Waals surface area contributed by atoms with E-state index in [1.807, 2.05) is 0 Å². The van der Waals surface area contributed by atoms with Gasteiger partial charge in [0.05, 0.1) is 23.1 Å². The molecule has 0 spiro atoms. The molecule has 2 aromatic carbocycles. The number of aromatic hydroxyl groups is 1. The number of hydrogen-bond donors (Lipinski definition) is 3. The second-order valence-electron chi connectivity index (χ2n) is 11.1. The summed E-state index contributed by atoms with van der Waals surface area (Å²) in [6.45, 7) is 0. The first-order valence-corrected chi connectivity index (χ1v) is 12.9. The second-order valence-corrected chi connectivity index (χ2v) is 11.1. The van der Waals surface area contributed by atoms with Gasteiger partial charge < -0.3 is 15.9 Å². The Labute approximate surface area is 239 Å². The first kappa shape index (κ1) is 30.2. The van der Waals surface area contributed by atoms with E-state index in [1.165, 1.54) is 25.1 Å². The summed E-state index contributed by atoms with van der Waals surface area (Å²) in [5.41, 5.74) is 0.783.